The Morgan fingerprint density at radius 1 is 1.17 bits per heavy atom. The smallest absolute Gasteiger partial charge is 0.272 e. The summed E-state index contributed by atoms with van der Waals surface area (Å²) < 4.78 is 17.2. The zero-order chi connectivity index (χ0) is 20.4. The van der Waals surface area contributed by atoms with Gasteiger partial charge in [-0.25, -0.2) is 9.37 Å². The van der Waals surface area contributed by atoms with Crippen molar-refractivity contribution >= 4 is 60.8 Å². The first kappa shape index (κ1) is 20.6. The van der Waals surface area contributed by atoms with Crippen LogP contribution in [0.4, 0.5) is 4.39 Å². The minimum atomic E-state index is -0.279. The molecule has 0 bridgehead atoms. The topological polar surface area (TPSA) is 34.9 Å². The normalized spacial score (nSPS) is 11.3. The van der Waals surface area contributed by atoms with Crippen molar-refractivity contribution in [3.8, 4) is 0 Å². The minimum absolute atomic E-state index is 0.0576. The number of halogens is 3. The molecule has 4 rings (SSSR count). The first-order valence-electron chi connectivity index (χ1n) is 8.80. The van der Waals surface area contributed by atoms with Gasteiger partial charge in [0.2, 0.25) is 0 Å². The van der Waals surface area contributed by atoms with Gasteiger partial charge >= 0.3 is 0 Å². The third-order valence-corrected chi connectivity index (χ3v) is 7.10. The molecule has 0 amide bonds. The summed E-state index contributed by atoms with van der Waals surface area (Å²) in [7, 11) is 0. The number of hydrogen-bond acceptors (Lipinski definition) is 4. The Balaban J connectivity index is 1.63. The molecule has 3 nitrogen and oxygen atoms in total. The summed E-state index contributed by atoms with van der Waals surface area (Å²) in [5.74, 6) is 0.112. The highest BCUT2D eigenvalue weighted by molar-refractivity contribution is 9.10. The summed E-state index contributed by atoms with van der Waals surface area (Å²) in [5, 5.41) is 3.14. The third-order valence-electron chi connectivity index (χ3n) is 4.44. The van der Waals surface area contributed by atoms with Crippen LogP contribution in [0.25, 0.3) is 10.2 Å². The van der Waals surface area contributed by atoms with Gasteiger partial charge in [0.25, 0.3) is 5.56 Å². The summed E-state index contributed by atoms with van der Waals surface area (Å²) in [4.78, 5) is 17.7. The summed E-state index contributed by atoms with van der Waals surface area (Å²) in [5.41, 5.74) is 2.28. The number of thioether (sulfide) groups is 1. The average molecular weight is 510 g/mol. The molecule has 0 aliphatic rings. The van der Waals surface area contributed by atoms with Crippen LogP contribution in [0, 0.1) is 5.82 Å². The SMILES string of the molecule is O=c1c2sccc2nc(SCc2ccc(Br)cc2F)n1CCc1ccc(Cl)cc1. The average Bonchev–Trinajstić information content (AvgIpc) is 3.17. The number of aromatic nitrogens is 2. The Morgan fingerprint density at radius 2 is 1.97 bits per heavy atom. The standard InChI is InChI=1S/C21H15BrClFN2OS2/c22-15-4-3-14(17(24)11-15)12-29-21-25-18-8-10-28-19(18)20(27)26(21)9-7-13-1-5-16(23)6-2-13/h1-6,8,10-11H,7,9,12H2. The van der Waals surface area contributed by atoms with Crippen LogP contribution in [0.5, 0.6) is 0 Å². The molecule has 0 unspecified atom stereocenters. The molecule has 29 heavy (non-hydrogen) atoms. The molecular formula is C21H15BrClFN2OS2. The molecule has 0 atom stereocenters. The van der Waals surface area contributed by atoms with E-state index < -0.39 is 0 Å². The lowest BCUT2D eigenvalue weighted by atomic mass is 10.1. The highest BCUT2D eigenvalue weighted by atomic mass is 79.9. The quantitative estimate of drug-likeness (QED) is 0.218. The van der Waals surface area contributed by atoms with Crippen LogP contribution < -0.4 is 5.56 Å². The van der Waals surface area contributed by atoms with Gasteiger partial charge in [0.05, 0.1) is 5.52 Å². The van der Waals surface area contributed by atoms with Crippen LogP contribution >= 0.6 is 50.6 Å². The molecule has 2 aromatic heterocycles. The van der Waals surface area contributed by atoms with Gasteiger partial charge in [-0.3, -0.25) is 9.36 Å². The number of hydrogen-bond donors (Lipinski definition) is 0. The zero-order valence-corrected chi connectivity index (χ0v) is 19.0. The van der Waals surface area contributed by atoms with E-state index in [0.717, 1.165) is 5.56 Å². The number of nitrogens with zero attached hydrogens (tertiary/aromatic N) is 2. The number of fused-ring (bicyclic) bond motifs is 1. The minimum Gasteiger partial charge on any atom is -0.286 e. The third kappa shape index (κ3) is 4.74. The fourth-order valence-electron chi connectivity index (χ4n) is 2.90. The molecule has 0 fully saturated rings. The summed E-state index contributed by atoms with van der Waals surface area (Å²) in [6.07, 6.45) is 0.676. The van der Waals surface area contributed by atoms with Crippen molar-refractivity contribution in [1.29, 1.82) is 0 Å². The lowest BCUT2D eigenvalue weighted by Gasteiger charge is -2.12. The van der Waals surface area contributed by atoms with Crippen molar-refractivity contribution in [2.24, 2.45) is 0 Å². The van der Waals surface area contributed by atoms with Crippen LogP contribution in [0.2, 0.25) is 5.02 Å². The van der Waals surface area contributed by atoms with Gasteiger partial charge in [0.1, 0.15) is 10.5 Å². The fourth-order valence-corrected chi connectivity index (χ4v) is 5.15. The van der Waals surface area contributed by atoms with Crippen molar-refractivity contribution in [2.45, 2.75) is 23.9 Å². The molecule has 8 heteroatoms. The van der Waals surface area contributed by atoms with Crippen molar-refractivity contribution in [2.75, 3.05) is 0 Å². The van der Waals surface area contributed by atoms with E-state index in [4.69, 9.17) is 11.6 Å². The Kier molecular flexibility index (Phi) is 6.39. The number of thiophene rings is 1. The van der Waals surface area contributed by atoms with E-state index in [1.807, 2.05) is 41.8 Å². The van der Waals surface area contributed by atoms with Crippen molar-refractivity contribution in [3.63, 3.8) is 0 Å². The van der Waals surface area contributed by atoms with Gasteiger partial charge in [-0.05, 0) is 53.3 Å². The maximum atomic E-state index is 14.2. The van der Waals surface area contributed by atoms with E-state index in [2.05, 4.69) is 20.9 Å². The fraction of sp³-hybridized carbons (Fsp3) is 0.143. The number of rotatable bonds is 6. The van der Waals surface area contributed by atoms with Crippen molar-refractivity contribution in [3.05, 3.63) is 90.7 Å². The highest BCUT2D eigenvalue weighted by Crippen LogP contribution is 2.26. The largest absolute Gasteiger partial charge is 0.286 e. The van der Waals surface area contributed by atoms with E-state index >= 15 is 0 Å². The number of aryl methyl sites for hydroxylation is 1. The van der Waals surface area contributed by atoms with E-state index in [-0.39, 0.29) is 11.4 Å². The van der Waals surface area contributed by atoms with Gasteiger partial charge in [0.15, 0.2) is 5.16 Å². The van der Waals surface area contributed by atoms with Crippen LogP contribution in [-0.2, 0) is 18.7 Å². The molecule has 4 aromatic rings. The van der Waals surface area contributed by atoms with Crippen molar-refractivity contribution in [1.82, 2.24) is 9.55 Å². The van der Waals surface area contributed by atoms with Crippen molar-refractivity contribution < 1.29 is 4.39 Å². The Morgan fingerprint density at radius 3 is 2.72 bits per heavy atom. The molecule has 0 saturated carbocycles. The summed E-state index contributed by atoms with van der Waals surface area (Å²) >= 11 is 12.0. The molecule has 0 spiro atoms. The first-order valence-corrected chi connectivity index (χ1v) is 11.8. The van der Waals surface area contributed by atoms with E-state index in [1.165, 1.54) is 29.2 Å². The Labute approximate surface area is 188 Å². The molecule has 0 aliphatic heterocycles. The van der Waals surface area contributed by atoms with Gasteiger partial charge < -0.3 is 0 Å². The maximum absolute atomic E-state index is 14.2. The lowest BCUT2D eigenvalue weighted by Crippen LogP contribution is -2.23. The summed E-state index contributed by atoms with van der Waals surface area (Å²) in [6, 6.07) is 14.4. The Bertz CT molecular complexity index is 1220. The predicted octanol–water partition coefficient (Wildman–Crippen LogP) is 6.55. The molecule has 0 N–H and O–H groups in total. The van der Waals surface area contributed by atoms with Gasteiger partial charge in [0, 0.05) is 21.8 Å². The second kappa shape index (κ2) is 9.00. The highest BCUT2D eigenvalue weighted by Gasteiger charge is 2.14. The molecule has 2 heterocycles. The molecular weight excluding hydrogens is 495 g/mol. The zero-order valence-electron chi connectivity index (χ0n) is 15.1. The van der Waals surface area contributed by atoms with Crippen LogP contribution in [0.1, 0.15) is 11.1 Å². The monoisotopic (exact) mass is 508 g/mol. The predicted molar refractivity (Wildman–Crippen MR) is 123 cm³/mol. The van der Waals surface area contributed by atoms with E-state index in [9.17, 15) is 9.18 Å². The van der Waals surface area contributed by atoms with Gasteiger partial charge in [-0.1, -0.05) is 57.5 Å². The Hall–Kier alpha value is -1.67. The molecule has 148 valence electrons. The molecule has 0 aliphatic carbocycles. The second-order valence-electron chi connectivity index (χ2n) is 6.39. The lowest BCUT2D eigenvalue weighted by molar-refractivity contribution is 0.595. The van der Waals surface area contributed by atoms with E-state index in [0.29, 0.717) is 49.2 Å². The second-order valence-corrected chi connectivity index (χ2v) is 9.60. The van der Waals surface area contributed by atoms with Crippen LogP contribution in [0.15, 0.2) is 68.3 Å². The molecule has 2 aromatic carbocycles. The maximum Gasteiger partial charge on any atom is 0.272 e. The summed E-state index contributed by atoms with van der Waals surface area (Å²) in [6.45, 7) is 0.493. The van der Waals surface area contributed by atoms with Gasteiger partial charge in [-0.15, -0.1) is 11.3 Å². The molecule has 0 radical (unpaired) electrons. The van der Waals surface area contributed by atoms with E-state index in [1.54, 1.807) is 10.6 Å². The molecule has 0 saturated heterocycles. The van der Waals surface area contributed by atoms with Crippen LogP contribution in [-0.4, -0.2) is 9.55 Å². The van der Waals surface area contributed by atoms with Gasteiger partial charge in [-0.2, -0.15) is 0 Å². The number of benzene rings is 2. The first-order chi connectivity index (χ1) is 14.0. The van der Waals surface area contributed by atoms with Crippen LogP contribution in [0.3, 0.4) is 0 Å².